The molecule has 4 nitrogen and oxygen atoms in total. The first-order valence-electron chi connectivity index (χ1n) is 8.41. The Balaban J connectivity index is 1.88. The second-order valence-electron chi connectivity index (χ2n) is 5.96. The van der Waals surface area contributed by atoms with E-state index < -0.39 is 6.04 Å². The van der Waals surface area contributed by atoms with Crippen molar-refractivity contribution in [2.75, 3.05) is 4.90 Å². The number of carbonyl (C=O) groups is 1. The van der Waals surface area contributed by atoms with Gasteiger partial charge in [0.15, 0.2) is 0 Å². The molecule has 2 aromatic heterocycles. The van der Waals surface area contributed by atoms with Crippen LogP contribution in [0.2, 0.25) is 0 Å². The number of rotatable bonds is 4. The molecule has 3 aromatic rings. The van der Waals surface area contributed by atoms with Gasteiger partial charge in [-0.1, -0.05) is 30.3 Å². The van der Waals surface area contributed by atoms with Crippen LogP contribution in [-0.2, 0) is 4.79 Å². The van der Waals surface area contributed by atoms with Crippen LogP contribution in [0.4, 0.5) is 5.69 Å². The topological polar surface area (TPSA) is 46.1 Å². The van der Waals surface area contributed by atoms with Crippen LogP contribution in [0.5, 0.6) is 0 Å². The van der Waals surface area contributed by atoms with E-state index in [9.17, 15) is 4.79 Å². The molecule has 0 saturated carbocycles. The predicted molar refractivity (Wildman–Crippen MR) is 103 cm³/mol. The zero-order chi connectivity index (χ0) is 17.8. The van der Waals surface area contributed by atoms with Crippen LogP contribution in [-0.4, -0.2) is 22.3 Å². The van der Waals surface area contributed by atoms with Crippen LogP contribution >= 0.6 is 0 Å². The number of carbonyl (C=O) groups excluding carboxylic acids is 1. The molecule has 4 heteroatoms. The number of allylic oxidation sites excluding steroid dienone is 2. The Morgan fingerprint density at radius 2 is 1.77 bits per heavy atom. The molecule has 0 aliphatic carbocycles. The normalized spacial score (nSPS) is 16.6. The van der Waals surface area contributed by atoms with E-state index in [0.29, 0.717) is 0 Å². The molecule has 126 valence electrons. The molecule has 1 unspecified atom stereocenters. The number of hydrogen-bond acceptors (Lipinski definition) is 4. The Hall–Kier alpha value is -3.53. The monoisotopic (exact) mass is 339 g/mol. The molecule has 0 amide bonds. The summed E-state index contributed by atoms with van der Waals surface area (Å²) in [6.07, 6.45) is 10.3. The van der Waals surface area contributed by atoms with Gasteiger partial charge in [0.2, 0.25) is 0 Å². The van der Waals surface area contributed by atoms with Crippen LogP contribution in [0.1, 0.15) is 11.3 Å². The first kappa shape index (κ1) is 16.0. The maximum absolute atomic E-state index is 12.0. The van der Waals surface area contributed by atoms with Crippen molar-refractivity contribution in [3.63, 3.8) is 0 Å². The van der Waals surface area contributed by atoms with Gasteiger partial charge in [0.25, 0.3) is 0 Å². The van der Waals surface area contributed by atoms with Crippen molar-refractivity contribution in [3.05, 3.63) is 103 Å². The van der Waals surface area contributed by atoms with Gasteiger partial charge in [0.1, 0.15) is 12.3 Å². The number of para-hydroxylation sites is 1. The number of pyridine rings is 2. The number of benzene rings is 1. The molecule has 3 heterocycles. The molecular formula is C22H17N3O. The highest BCUT2D eigenvalue weighted by Crippen LogP contribution is 2.34. The Labute approximate surface area is 152 Å². The predicted octanol–water partition coefficient (Wildman–Crippen LogP) is 3.99. The number of anilines is 1. The molecule has 0 N–H and O–H groups in total. The quantitative estimate of drug-likeness (QED) is 0.674. The minimum absolute atomic E-state index is 0.422. The first-order valence-corrected chi connectivity index (χ1v) is 8.41. The fourth-order valence-corrected chi connectivity index (χ4v) is 3.11. The summed E-state index contributed by atoms with van der Waals surface area (Å²) in [7, 11) is 0. The van der Waals surface area contributed by atoms with Crippen LogP contribution in [0.3, 0.4) is 0 Å². The molecule has 0 radical (unpaired) electrons. The highest BCUT2D eigenvalue weighted by Gasteiger charge is 2.27. The van der Waals surface area contributed by atoms with E-state index in [0.717, 1.165) is 34.4 Å². The van der Waals surface area contributed by atoms with Crippen LogP contribution in [0, 0.1) is 0 Å². The SMILES string of the molecule is O=CC1C(c2cccnc2)=CC(c2ccccn2)=CN1c1ccccc1. The second-order valence-corrected chi connectivity index (χ2v) is 5.96. The van der Waals surface area contributed by atoms with Crippen LogP contribution < -0.4 is 4.90 Å². The minimum atomic E-state index is -0.422. The van der Waals surface area contributed by atoms with Gasteiger partial charge in [-0.3, -0.25) is 9.97 Å². The summed E-state index contributed by atoms with van der Waals surface area (Å²) in [5.41, 5.74) is 4.59. The summed E-state index contributed by atoms with van der Waals surface area (Å²) in [4.78, 5) is 22.7. The largest absolute Gasteiger partial charge is 0.333 e. The van der Waals surface area contributed by atoms with E-state index in [1.807, 2.05) is 77.8 Å². The maximum atomic E-state index is 12.0. The standard InChI is InChI=1S/C22H17N3O/c26-16-22-20(17-7-6-11-23-14-17)13-18(21-10-4-5-12-24-21)15-25(22)19-8-2-1-3-9-19/h1-16,22H. The van der Waals surface area contributed by atoms with Crippen LogP contribution in [0.25, 0.3) is 11.1 Å². The molecule has 1 aliphatic heterocycles. The van der Waals surface area contributed by atoms with Gasteiger partial charge in [-0.2, -0.15) is 0 Å². The number of aromatic nitrogens is 2. The Morgan fingerprint density at radius 3 is 2.46 bits per heavy atom. The van der Waals surface area contributed by atoms with Gasteiger partial charge in [-0.15, -0.1) is 0 Å². The Bertz CT molecular complexity index is 950. The molecule has 0 spiro atoms. The molecule has 4 rings (SSSR count). The van der Waals surface area contributed by atoms with Crippen molar-refractivity contribution >= 4 is 23.1 Å². The number of hydrogen-bond donors (Lipinski definition) is 0. The lowest BCUT2D eigenvalue weighted by molar-refractivity contribution is -0.107. The van der Waals surface area contributed by atoms with E-state index in [1.165, 1.54) is 0 Å². The third kappa shape index (κ3) is 3.05. The average molecular weight is 339 g/mol. The van der Waals surface area contributed by atoms with E-state index in [2.05, 4.69) is 9.97 Å². The lowest BCUT2D eigenvalue weighted by Gasteiger charge is -2.33. The summed E-state index contributed by atoms with van der Waals surface area (Å²) in [6.45, 7) is 0. The second kappa shape index (κ2) is 7.15. The highest BCUT2D eigenvalue weighted by molar-refractivity contribution is 5.98. The third-order valence-electron chi connectivity index (χ3n) is 4.35. The van der Waals surface area contributed by atoms with Crippen molar-refractivity contribution in [2.24, 2.45) is 0 Å². The number of nitrogens with zero attached hydrogens (tertiary/aromatic N) is 3. The fraction of sp³-hybridized carbons (Fsp3) is 0.0455. The molecule has 0 saturated heterocycles. The van der Waals surface area contributed by atoms with Gasteiger partial charge in [0, 0.05) is 36.1 Å². The zero-order valence-corrected chi connectivity index (χ0v) is 14.1. The van der Waals surface area contributed by atoms with E-state index in [4.69, 9.17) is 0 Å². The van der Waals surface area contributed by atoms with Crippen molar-refractivity contribution in [1.29, 1.82) is 0 Å². The van der Waals surface area contributed by atoms with E-state index >= 15 is 0 Å². The van der Waals surface area contributed by atoms with Crippen LogP contribution in [0.15, 0.2) is 91.5 Å². The van der Waals surface area contributed by atoms with Gasteiger partial charge in [-0.05, 0) is 47.5 Å². The van der Waals surface area contributed by atoms with Gasteiger partial charge in [0.05, 0.1) is 5.69 Å². The summed E-state index contributed by atoms with van der Waals surface area (Å²) in [5, 5.41) is 0. The number of aldehydes is 1. The lowest BCUT2D eigenvalue weighted by atomic mass is 9.92. The Kier molecular flexibility index (Phi) is 4.39. The molecule has 1 atom stereocenters. The van der Waals surface area contributed by atoms with Gasteiger partial charge >= 0.3 is 0 Å². The molecular weight excluding hydrogens is 322 g/mol. The average Bonchev–Trinajstić information content (AvgIpc) is 2.74. The molecule has 0 fully saturated rings. The van der Waals surface area contributed by atoms with Gasteiger partial charge < -0.3 is 9.69 Å². The third-order valence-corrected chi connectivity index (χ3v) is 4.35. The molecule has 1 aromatic carbocycles. The summed E-state index contributed by atoms with van der Waals surface area (Å²) < 4.78 is 0. The van der Waals surface area contributed by atoms with E-state index in [-0.39, 0.29) is 0 Å². The molecule has 0 bridgehead atoms. The fourth-order valence-electron chi connectivity index (χ4n) is 3.11. The smallest absolute Gasteiger partial charge is 0.147 e. The summed E-state index contributed by atoms with van der Waals surface area (Å²) in [6, 6.07) is 19.1. The summed E-state index contributed by atoms with van der Waals surface area (Å²) in [5.74, 6) is 0. The van der Waals surface area contributed by atoms with Gasteiger partial charge in [-0.25, -0.2) is 0 Å². The zero-order valence-electron chi connectivity index (χ0n) is 14.1. The molecule has 26 heavy (non-hydrogen) atoms. The summed E-state index contributed by atoms with van der Waals surface area (Å²) >= 11 is 0. The molecule has 1 aliphatic rings. The van der Waals surface area contributed by atoms with E-state index in [1.54, 1.807) is 18.6 Å². The lowest BCUT2D eigenvalue weighted by Crippen LogP contribution is -2.35. The van der Waals surface area contributed by atoms with Crippen molar-refractivity contribution in [1.82, 2.24) is 9.97 Å². The Morgan fingerprint density at radius 1 is 0.923 bits per heavy atom. The highest BCUT2D eigenvalue weighted by atomic mass is 16.1. The van der Waals surface area contributed by atoms with Crippen molar-refractivity contribution in [2.45, 2.75) is 6.04 Å². The maximum Gasteiger partial charge on any atom is 0.147 e. The van der Waals surface area contributed by atoms with Crippen molar-refractivity contribution < 1.29 is 4.79 Å². The first-order chi connectivity index (χ1) is 12.9. The van der Waals surface area contributed by atoms with Crippen molar-refractivity contribution in [3.8, 4) is 0 Å². The minimum Gasteiger partial charge on any atom is -0.333 e.